The number of nitrogens with zero attached hydrogens (tertiary/aromatic N) is 3. The van der Waals surface area contributed by atoms with Crippen molar-refractivity contribution in [2.75, 3.05) is 19.6 Å². The lowest BCUT2D eigenvalue weighted by Gasteiger charge is -2.31. The monoisotopic (exact) mass is 292 g/mol. The maximum absolute atomic E-state index is 12.3. The maximum Gasteiger partial charge on any atom is 0.222 e. The summed E-state index contributed by atoms with van der Waals surface area (Å²) in [6, 6.07) is 4.09. The third kappa shape index (κ3) is 8.32. The predicted molar refractivity (Wildman–Crippen MR) is 82.9 cm³/mol. The summed E-state index contributed by atoms with van der Waals surface area (Å²) in [5.41, 5.74) is 5.79. The molecule has 5 heteroatoms. The number of hydrogen-bond donors (Lipinski definition) is 1. The molecule has 0 aliphatic heterocycles. The molecule has 0 radical (unpaired) electrons. The van der Waals surface area contributed by atoms with Gasteiger partial charge >= 0.3 is 0 Å². The van der Waals surface area contributed by atoms with Crippen LogP contribution in [-0.2, 0) is 4.79 Å². The molecule has 0 aliphatic rings. The molecule has 0 aromatic heterocycles. The molecule has 2 N–H and O–H groups in total. The summed E-state index contributed by atoms with van der Waals surface area (Å²) in [5, 5.41) is 17.3. The standard InChI is InChI=1S/C16H28N4O/c1-16(2,3)14(8-11-19)6-7-15(21)20(12-4-9-17)13-5-10-18/h14H,4-8,11-13,19H2,1-3H3. The number of nitriles is 2. The average molecular weight is 292 g/mol. The highest BCUT2D eigenvalue weighted by atomic mass is 16.2. The summed E-state index contributed by atoms with van der Waals surface area (Å²) in [6.45, 7) is 7.95. The van der Waals surface area contributed by atoms with Crippen LogP contribution in [-0.4, -0.2) is 30.4 Å². The Kier molecular flexibility index (Phi) is 9.41. The van der Waals surface area contributed by atoms with E-state index in [-0.39, 0.29) is 11.3 Å². The average Bonchev–Trinajstić information content (AvgIpc) is 2.42. The highest BCUT2D eigenvalue weighted by Crippen LogP contribution is 2.32. The van der Waals surface area contributed by atoms with Crippen LogP contribution < -0.4 is 5.73 Å². The van der Waals surface area contributed by atoms with Crippen molar-refractivity contribution in [3.05, 3.63) is 0 Å². The summed E-state index contributed by atoms with van der Waals surface area (Å²) >= 11 is 0. The normalized spacial score (nSPS) is 12.3. The first-order chi connectivity index (χ1) is 9.86. The van der Waals surface area contributed by atoms with Gasteiger partial charge in [-0.2, -0.15) is 10.5 Å². The molecule has 0 spiro atoms. The molecule has 0 saturated carbocycles. The zero-order chi connectivity index (χ0) is 16.3. The Morgan fingerprint density at radius 3 is 2.05 bits per heavy atom. The summed E-state index contributed by atoms with van der Waals surface area (Å²) in [5.74, 6) is 0.437. The van der Waals surface area contributed by atoms with Crippen LogP contribution in [0.2, 0.25) is 0 Å². The largest absolute Gasteiger partial charge is 0.341 e. The lowest BCUT2D eigenvalue weighted by Crippen LogP contribution is -2.34. The molecule has 5 nitrogen and oxygen atoms in total. The molecule has 1 atom stereocenters. The van der Waals surface area contributed by atoms with Crippen molar-refractivity contribution in [2.45, 2.75) is 52.9 Å². The Bertz CT molecular complexity index is 369. The van der Waals surface area contributed by atoms with Crippen LogP contribution in [0.1, 0.15) is 52.9 Å². The highest BCUT2D eigenvalue weighted by Gasteiger charge is 2.25. The molecule has 1 amide bonds. The van der Waals surface area contributed by atoms with Gasteiger partial charge in [-0.3, -0.25) is 4.79 Å². The molecular weight excluding hydrogens is 264 g/mol. The highest BCUT2D eigenvalue weighted by molar-refractivity contribution is 5.76. The van der Waals surface area contributed by atoms with Crippen LogP contribution in [0, 0.1) is 34.0 Å². The van der Waals surface area contributed by atoms with Gasteiger partial charge in [0.05, 0.1) is 25.0 Å². The fourth-order valence-electron chi connectivity index (χ4n) is 2.40. The Labute approximate surface area is 128 Å². The van der Waals surface area contributed by atoms with Crippen LogP contribution in [0.25, 0.3) is 0 Å². The number of carbonyl (C=O) groups is 1. The lowest BCUT2D eigenvalue weighted by atomic mass is 9.76. The first-order valence-corrected chi connectivity index (χ1v) is 7.58. The van der Waals surface area contributed by atoms with Crippen molar-refractivity contribution in [1.29, 1.82) is 10.5 Å². The van der Waals surface area contributed by atoms with E-state index in [9.17, 15) is 4.79 Å². The summed E-state index contributed by atoms with van der Waals surface area (Å²) in [4.78, 5) is 13.9. The van der Waals surface area contributed by atoms with Gasteiger partial charge in [-0.25, -0.2) is 0 Å². The van der Waals surface area contributed by atoms with Gasteiger partial charge in [-0.1, -0.05) is 20.8 Å². The first-order valence-electron chi connectivity index (χ1n) is 7.58. The Hall–Kier alpha value is -1.59. The van der Waals surface area contributed by atoms with Crippen molar-refractivity contribution < 1.29 is 4.79 Å². The van der Waals surface area contributed by atoms with E-state index in [1.807, 2.05) is 12.1 Å². The van der Waals surface area contributed by atoms with E-state index >= 15 is 0 Å². The molecule has 0 fully saturated rings. The van der Waals surface area contributed by atoms with Gasteiger partial charge in [-0.15, -0.1) is 0 Å². The van der Waals surface area contributed by atoms with E-state index in [0.717, 1.165) is 12.8 Å². The minimum Gasteiger partial charge on any atom is -0.341 e. The van der Waals surface area contributed by atoms with Gasteiger partial charge in [-0.05, 0) is 30.7 Å². The van der Waals surface area contributed by atoms with Crippen molar-refractivity contribution >= 4 is 5.91 Å². The van der Waals surface area contributed by atoms with Gasteiger partial charge in [0, 0.05) is 19.5 Å². The molecule has 0 aromatic carbocycles. The predicted octanol–water partition coefficient (Wildman–Crippen LogP) is 2.43. The third-order valence-corrected chi connectivity index (χ3v) is 3.79. The molecular formula is C16H28N4O. The van der Waals surface area contributed by atoms with Gasteiger partial charge in [0.2, 0.25) is 5.91 Å². The first kappa shape index (κ1) is 19.4. The topological polar surface area (TPSA) is 93.9 Å². The SMILES string of the molecule is CC(C)(C)C(CCN)CCC(=O)N(CCC#N)CCC#N. The van der Waals surface area contributed by atoms with Crippen molar-refractivity contribution in [1.82, 2.24) is 4.90 Å². The van der Waals surface area contributed by atoms with Crippen LogP contribution >= 0.6 is 0 Å². The second-order valence-corrected chi connectivity index (χ2v) is 6.38. The molecule has 21 heavy (non-hydrogen) atoms. The fourth-order valence-corrected chi connectivity index (χ4v) is 2.40. The number of hydrogen-bond acceptors (Lipinski definition) is 4. The molecule has 0 aliphatic carbocycles. The number of rotatable bonds is 9. The minimum atomic E-state index is 0.0340. The molecule has 0 aromatic rings. The van der Waals surface area contributed by atoms with Gasteiger partial charge in [0.25, 0.3) is 0 Å². The molecule has 0 bridgehead atoms. The fraction of sp³-hybridized carbons (Fsp3) is 0.812. The van der Waals surface area contributed by atoms with E-state index in [1.165, 1.54) is 0 Å². The smallest absolute Gasteiger partial charge is 0.222 e. The summed E-state index contributed by atoms with van der Waals surface area (Å²) in [7, 11) is 0. The third-order valence-electron chi connectivity index (χ3n) is 3.79. The van der Waals surface area contributed by atoms with E-state index in [0.29, 0.717) is 44.8 Å². The molecule has 0 heterocycles. The zero-order valence-electron chi connectivity index (χ0n) is 13.6. The van der Waals surface area contributed by atoms with Crippen molar-refractivity contribution in [3.8, 4) is 12.1 Å². The quantitative estimate of drug-likeness (QED) is 0.706. The maximum atomic E-state index is 12.3. The van der Waals surface area contributed by atoms with Crippen LogP contribution in [0.4, 0.5) is 0 Å². The van der Waals surface area contributed by atoms with Crippen molar-refractivity contribution in [3.63, 3.8) is 0 Å². The lowest BCUT2D eigenvalue weighted by molar-refractivity contribution is -0.131. The molecule has 118 valence electrons. The van der Waals surface area contributed by atoms with Crippen LogP contribution in [0.5, 0.6) is 0 Å². The van der Waals surface area contributed by atoms with Gasteiger partial charge < -0.3 is 10.6 Å². The van der Waals surface area contributed by atoms with E-state index < -0.39 is 0 Å². The van der Waals surface area contributed by atoms with Gasteiger partial charge in [0.15, 0.2) is 0 Å². The summed E-state index contributed by atoms with van der Waals surface area (Å²) < 4.78 is 0. The van der Waals surface area contributed by atoms with Crippen LogP contribution in [0.3, 0.4) is 0 Å². The Morgan fingerprint density at radius 1 is 1.14 bits per heavy atom. The second-order valence-electron chi connectivity index (χ2n) is 6.38. The summed E-state index contributed by atoms with van der Waals surface area (Å²) in [6.07, 6.45) is 2.78. The molecule has 0 rings (SSSR count). The second kappa shape index (κ2) is 10.2. The number of nitrogens with two attached hydrogens (primary N) is 1. The van der Waals surface area contributed by atoms with Crippen molar-refractivity contribution in [2.24, 2.45) is 17.1 Å². The van der Waals surface area contributed by atoms with E-state index in [2.05, 4.69) is 20.8 Å². The Morgan fingerprint density at radius 2 is 1.67 bits per heavy atom. The number of carbonyl (C=O) groups excluding carboxylic acids is 1. The van der Waals surface area contributed by atoms with Gasteiger partial charge in [0.1, 0.15) is 0 Å². The molecule has 0 saturated heterocycles. The van der Waals surface area contributed by atoms with Crippen LogP contribution in [0.15, 0.2) is 0 Å². The van der Waals surface area contributed by atoms with E-state index in [4.69, 9.17) is 16.3 Å². The number of amides is 1. The Balaban J connectivity index is 4.52. The van der Waals surface area contributed by atoms with E-state index in [1.54, 1.807) is 4.90 Å². The molecule has 1 unspecified atom stereocenters. The minimum absolute atomic E-state index is 0.0340. The zero-order valence-corrected chi connectivity index (χ0v) is 13.6.